The summed E-state index contributed by atoms with van der Waals surface area (Å²) >= 11 is 1.05. The van der Waals surface area contributed by atoms with Gasteiger partial charge in [0, 0.05) is 23.5 Å². The first kappa shape index (κ1) is 14.0. The van der Waals surface area contributed by atoms with Crippen molar-refractivity contribution in [3.8, 4) is 6.07 Å². The molecule has 1 aromatic rings. The van der Waals surface area contributed by atoms with Gasteiger partial charge < -0.3 is 10.2 Å². The van der Waals surface area contributed by atoms with E-state index in [1.54, 1.807) is 30.6 Å². The Bertz CT molecular complexity index is 458. The highest BCUT2D eigenvalue weighted by molar-refractivity contribution is 7.94. The van der Waals surface area contributed by atoms with E-state index in [9.17, 15) is 4.79 Å². The zero-order valence-electron chi connectivity index (χ0n) is 9.41. The van der Waals surface area contributed by atoms with Gasteiger partial charge in [0.25, 0.3) is 0 Å². The van der Waals surface area contributed by atoms with Gasteiger partial charge in [-0.05, 0) is 12.1 Å². The molecule has 0 saturated carbocycles. The highest BCUT2D eigenvalue weighted by Crippen LogP contribution is 2.14. The van der Waals surface area contributed by atoms with Crippen LogP contribution in [0.1, 0.15) is 0 Å². The van der Waals surface area contributed by atoms with Gasteiger partial charge in [0.1, 0.15) is 6.07 Å². The summed E-state index contributed by atoms with van der Waals surface area (Å²) in [5, 5.41) is 8.62. The number of ether oxygens (including phenoxy) is 1. The van der Waals surface area contributed by atoms with E-state index in [1.165, 1.54) is 7.11 Å². The largest absolute Gasteiger partial charge is 0.465 e. The van der Waals surface area contributed by atoms with Crippen LogP contribution >= 0.6 is 12.0 Å². The van der Waals surface area contributed by atoms with Crippen molar-refractivity contribution in [3.63, 3.8) is 0 Å². The topological polar surface area (TPSA) is 96.3 Å². The minimum Gasteiger partial charge on any atom is -0.465 e. The van der Waals surface area contributed by atoms with Crippen LogP contribution in [0.15, 0.2) is 41.2 Å². The van der Waals surface area contributed by atoms with Crippen LogP contribution in [-0.4, -0.2) is 18.1 Å². The number of carbonyl (C=O) groups is 1. The molecular formula is C10H10N4O3S. The van der Waals surface area contributed by atoms with E-state index in [0.717, 1.165) is 23.1 Å². The van der Waals surface area contributed by atoms with E-state index in [4.69, 9.17) is 9.55 Å². The maximum absolute atomic E-state index is 11.0. The number of nitrogens with zero attached hydrogens (tertiary/aromatic N) is 2. The molecule has 0 atom stereocenters. The molecule has 1 heterocycles. The summed E-state index contributed by atoms with van der Waals surface area (Å²) in [6, 6.07) is 5.20. The standard InChI is InChI=1S/C10H10N4O3S/c1-16-10(15)8(6-11)7-13-14-17-18-9-2-4-12-5-3-9/h2-5,7,13-14H,1H3. The molecule has 0 aliphatic rings. The Hall–Kier alpha value is -2.08. The number of methoxy groups -OCH3 is 1. The summed E-state index contributed by atoms with van der Waals surface area (Å²) in [6.45, 7) is 0. The molecule has 0 fully saturated rings. The Labute approximate surface area is 108 Å². The summed E-state index contributed by atoms with van der Waals surface area (Å²) in [5.41, 5.74) is 4.58. The first-order valence-corrected chi connectivity index (χ1v) is 5.44. The molecule has 18 heavy (non-hydrogen) atoms. The third kappa shape index (κ3) is 4.84. The number of nitriles is 1. The Morgan fingerprint density at radius 1 is 1.56 bits per heavy atom. The zero-order chi connectivity index (χ0) is 13.2. The maximum atomic E-state index is 11.0. The van der Waals surface area contributed by atoms with Gasteiger partial charge >= 0.3 is 5.97 Å². The van der Waals surface area contributed by atoms with Gasteiger partial charge in [-0.3, -0.25) is 4.98 Å². The SMILES string of the molecule is COC(=O)C(C#N)=CNNOSc1ccncc1. The summed E-state index contributed by atoms with van der Waals surface area (Å²) in [6.07, 6.45) is 4.40. The van der Waals surface area contributed by atoms with Crippen molar-refractivity contribution in [2.45, 2.75) is 4.90 Å². The van der Waals surface area contributed by atoms with Crippen LogP contribution in [-0.2, 0) is 13.8 Å². The van der Waals surface area contributed by atoms with Crippen molar-refractivity contribution >= 4 is 18.0 Å². The molecule has 0 aromatic carbocycles. The van der Waals surface area contributed by atoms with Crippen molar-refractivity contribution in [2.75, 3.05) is 7.11 Å². The van der Waals surface area contributed by atoms with Gasteiger partial charge in [-0.2, -0.15) is 5.26 Å². The van der Waals surface area contributed by atoms with Crippen LogP contribution in [0.3, 0.4) is 0 Å². The first-order valence-electron chi connectivity index (χ1n) is 4.70. The minimum atomic E-state index is -0.728. The molecule has 0 spiro atoms. The third-order valence-electron chi connectivity index (χ3n) is 1.63. The predicted molar refractivity (Wildman–Crippen MR) is 63.2 cm³/mol. The number of hydrogen-bond donors (Lipinski definition) is 2. The minimum absolute atomic E-state index is 0.178. The lowest BCUT2D eigenvalue weighted by molar-refractivity contribution is -0.135. The molecule has 0 bridgehead atoms. The van der Waals surface area contributed by atoms with Crippen LogP contribution in [0.25, 0.3) is 0 Å². The van der Waals surface area contributed by atoms with Crippen molar-refractivity contribution in [3.05, 3.63) is 36.3 Å². The zero-order valence-corrected chi connectivity index (χ0v) is 10.2. The fourth-order valence-corrected chi connectivity index (χ4v) is 1.25. The monoisotopic (exact) mass is 266 g/mol. The van der Waals surface area contributed by atoms with Gasteiger partial charge in [-0.1, -0.05) is 0 Å². The van der Waals surface area contributed by atoms with Crippen LogP contribution in [0.4, 0.5) is 0 Å². The number of pyridine rings is 1. The van der Waals surface area contributed by atoms with E-state index < -0.39 is 5.97 Å². The molecule has 2 N–H and O–H groups in total. The average Bonchev–Trinajstić information content (AvgIpc) is 2.43. The molecule has 7 nitrogen and oxygen atoms in total. The smallest absolute Gasteiger partial charge is 0.350 e. The molecule has 0 unspecified atom stereocenters. The Kier molecular flexibility index (Phi) is 6.27. The van der Waals surface area contributed by atoms with Crippen molar-refractivity contribution in [1.82, 2.24) is 16.0 Å². The van der Waals surface area contributed by atoms with E-state index in [1.807, 2.05) is 0 Å². The van der Waals surface area contributed by atoms with Gasteiger partial charge in [-0.25, -0.2) is 9.08 Å². The fourth-order valence-electron chi connectivity index (χ4n) is 0.835. The molecule has 1 aromatic heterocycles. The number of aromatic nitrogens is 1. The summed E-state index contributed by atoms with van der Waals surface area (Å²) in [5.74, 6) is -0.728. The molecule has 0 aliphatic carbocycles. The molecule has 8 heteroatoms. The molecule has 0 saturated heterocycles. The Morgan fingerprint density at radius 2 is 2.28 bits per heavy atom. The number of hydrazine groups is 1. The van der Waals surface area contributed by atoms with Gasteiger partial charge in [0.05, 0.1) is 19.2 Å². The summed E-state index contributed by atoms with van der Waals surface area (Å²) in [4.78, 5) is 15.7. The first-order chi connectivity index (χ1) is 8.77. The van der Waals surface area contributed by atoms with Crippen LogP contribution < -0.4 is 11.0 Å². The van der Waals surface area contributed by atoms with Crippen molar-refractivity contribution < 1.29 is 13.8 Å². The second-order valence-corrected chi connectivity index (χ2v) is 3.56. The maximum Gasteiger partial charge on any atom is 0.350 e. The van der Waals surface area contributed by atoms with E-state index >= 15 is 0 Å². The number of hydrogen-bond acceptors (Lipinski definition) is 8. The molecule has 94 valence electrons. The number of esters is 1. The lowest BCUT2D eigenvalue weighted by Gasteiger charge is -2.03. The molecular weight excluding hydrogens is 256 g/mol. The van der Waals surface area contributed by atoms with Crippen LogP contribution in [0.2, 0.25) is 0 Å². The summed E-state index contributed by atoms with van der Waals surface area (Å²) in [7, 11) is 1.19. The van der Waals surface area contributed by atoms with Crippen molar-refractivity contribution in [1.29, 1.82) is 5.26 Å². The second kappa shape index (κ2) is 8.08. The molecule has 0 radical (unpaired) electrons. The van der Waals surface area contributed by atoms with Crippen LogP contribution in [0.5, 0.6) is 0 Å². The highest BCUT2D eigenvalue weighted by atomic mass is 32.2. The lowest BCUT2D eigenvalue weighted by Crippen LogP contribution is -2.25. The third-order valence-corrected chi connectivity index (χ3v) is 2.26. The van der Waals surface area contributed by atoms with E-state index in [0.29, 0.717) is 0 Å². The lowest BCUT2D eigenvalue weighted by atomic mass is 10.3. The molecule has 0 amide bonds. The second-order valence-electron chi connectivity index (χ2n) is 2.76. The van der Waals surface area contributed by atoms with Gasteiger partial charge in [-0.15, -0.1) is 5.59 Å². The normalized spacial score (nSPS) is 10.6. The van der Waals surface area contributed by atoms with E-state index in [2.05, 4.69) is 20.7 Å². The fraction of sp³-hybridized carbons (Fsp3) is 0.100. The molecule has 0 aliphatic heterocycles. The predicted octanol–water partition coefficient (Wildman–Crippen LogP) is 0.695. The average molecular weight is 266 g/mol. The Balaban J connectivity index is 2.28. The van der Waals surface area contributed by atoms with Gasteiger partial charge in [0.15, 0.2) is 5.57 Å². The van der Waals surface area contributed by atoms with E-state index in [-0.39, 0.29) is 5.57 Å². The number of rotatable bonds is 6. The quantitative estimate of drug-likeness (QED) is 0.194. The van der Waals surface area contributed by atoms with Gasteiger partial charge in [0.2, 0.25) is 0 Å². The van der Waals surface area contributed by atoms with Crippen LogP contribution in [0, 0.1) is 11.3 Å². The van der Waals surface area contributed by atoms with Crippen molar-refractivity contribution in [2.24, 2.45) is 0 Å². The number of nitrogens with one attached hydrogen (secondary N) is 2. The summed E-state index contributed by atoms with van der Waals surface area (Å²) < 4.78 is 9.33. The number of carbonyl (C=O) groups excluding carboxylic acids is 1. The molecule has 1 rings (SSSR count). The highest BCUT2D eigenvalue weighted by Gasteiger charge is 2.07. The Morgan fingerprint density at radius 3 is 2.89 bits per heavy atom.